The number of aromatic nitrogens is 3. The van der Waals surface area contributed by atoms with Crippen LogP contribution in [0.3, 0.4) is 0 Å². The Morgan fingerprint density at radius 3 is 2.86 bits per heavy atom. The van der Waals surface area contributed by atoms with E-state index >= 15 is 0 Å². The zero-order chi connectivity index (χ0) is 19.1. The first-order valence-electron chi connectivity index (χ1n) is 9.33. The maximum Gasteiger partial charge on any atom is 0.254 e. The van der Waals surface area contributed by atoms with Crippen molar-refractivity contribution in [2.75, 3.05) is 6.54 Å². The number of benzene rings is 2. The molecular formula is C22H19FN4O. The molecule has 5 nitrogen and oxygen atoms in total. The van der Waals surface area contributed by atoms with E-state index in [-0.39, 0.29) is 11.4 Å². The fraction of sp³-hybridized carbons (Fsp3) is 0.182. The minimum absolute atomic E-state index is 0.0577. The number of H-pyrrole nitrogens is 2. The molecule has 0 fully saturated rings. The largest absolute Gasteiger partial charge is 0.361 e. The highest BCUT2D eigenvalue weighted by atomic mass is 19.1. The van der Waals surface area contributed by atoms with Gasteiger partial charge in [-0.25, -0.2) is 9.37 Å². The van der Waals surface area contributed by atoms with Crippen LogP contribution in [0.15, 0.2) is 59.5 Å². The van der Waals surface area contributed by atoms with Gasteiger partial charge in [0.25, 0.3) is 5.56 Å². The molecule has 0 spiro atoms. The Hall–Kier alpha value is -3.25. The van der Waals surface area contributed by atoms with Gasteiger partial charge in [0.15, 0.2) is 0 Å². The maximum absolute atomic E-state index is 13.6. The summed E-state index contributed by atoms with van der Waals surface area (Å²) >= 11 is 0. The summed E-state index contributed by atoms with van der Waals surface area (Å²) in [7, 11) is 0. The van der Waals surface area contributed by atoms with E-state index in [1.807, 2.05) is 36.5 Å². The molecule has 5 rings (SSSR count). The number of halogens is 1. The maximum atomic E-state index is 13.6. The van der Waals surface area contributed by atoms with Gasteiger partial charge in [-0.15, -0.1) is 0 Å². The molecule has 28 heavy (non-hydrogen) atoms. The fourth-order valence-corrected chi connectivity index (χ4v) is 3.88. The summed E-state index contributed by atoms with van der Waals surface area (Å²) in [5.74, 6) is 0.360. The van der Waals surface area contributed by atoms with E-state index in [0.29, 0.717) is 25.3 Å². The van der Waals surface area contributed by atoms with Crippen molar-refractivity contribution in [2.45, 2.75) is 19.5 Å². The van der Waals surface area contributed by atoms with E-state index in [1.54, 1.807) is 12.1 Å². The van der Waals surface area contributed by atoms with Crippen molar-refractivity contribution in [3.05, 3.63) is 87.7 Å². The van der Waals surface area contributed by atoms with Gasteiger partial charge in [0.1, 0.15) is 11.6 Å². The second-order valence-corrected chi connectivity index (χ2v) is 7.17. The third kappa shape index (κ3) is 3.01. The monoisotopic (exact) mass is 374 g/mol. The van der Waals surface area contributed by atoms with Gasteiger partial charge >= 0.3 is 0 Å². The molecule has 0 aliphatic carbocycles. The minimum Gasteiger partial charge on any atom is -0.361 e. The molecule has 0 unspecified atom stereocenters. The van der Waals surface area contributed by atoms with E-state index < -0.39 is 0 Å². The van der Waals surface area contributed by atoms with Crippen molar-refractivity contribution in [1.82, 2.24) is 19.9 Å². The van der Waals surface area contributed by atoms with E-state index in [9.17, 15) is 9.18 Å². The average molecular weight is 374 g/mol. The predicted molar refractivity (Wildman–Crippen MR) is 106 cm³/mol. The first-order chi connectivity index (χ1) is 13.7. The Morgan fingerprint density at radius 1 is 1.14 bits per heavy atom. The van der Waals surface area contributed by atoms with Gasteiger partial charge in [-0.05, 0) is 30.2 Å². The number of hydrogen-bond donors (Lipinski definition) is 2. The van der Waals surface area contributed by atoms with Crippen LogP contribution in [0.4, 0.5) is 4.39 Å². The van der Waals surface area contributed by atoms with Crippen LogP contribution >= 0.6 is 0 Å². The smallest absolute Gasteiger partial charge is 0.254 e. The summed E-state index contributed by atoms with van der Waals surface area (Å²) in [5.41, 5.74) is 4.39. The summed E-state index contributed by atoms with van der Waals surface area (Å²) in [6, 6.07) is 14.4. The molecule has 2 aromatic carbocycles. The standard InChI is InChI=1S/C22H19FN4O/c23-16-6-7-19-18(10-16)15(11-24-19)12-27-9-8-17-20(13-27)25-21(26-22(17)28)14-4-2-1-3-5-14/h1-7,10-11,24H,8-9,12-13H2,(H,25,26,28). The van der Waals surface area contributed by atoms with Crippen LogP contribution in [0.1, 0.15) is 16.8 Å². The quantitative estimate of drug-likeness (QED) is 0.576. The third-order valence-corrected chi connectivity index (χ3v) is 5.32. The molecule has 4 aromatic rings. The van der Waals surface area contributed by atoms with Crippen LogP contribution in [0.2, 0.25) is 0 Å². The van der Waals surface area contributed by atoms with Gasteiger partial charge in [0, 0.05) is 47.9 Å². The Morgan fingerprint density at radius 2 is 2.00 bits per heavy atom. The average Bonchev–Trinajstić information content (AvgIpc) is 3.10. The Balaban J connectivity index is 1.45. The lowest BCUT2D eigenvalue weighted by molar-refractivity contribution is 0.241. The van der Waals surface area contributed by atoms with Crippen molar-refractivity contribution in [3.63, 3.8) is 0 Å². The SMILES string of the molecule is O=c1[nH]c(-c2ccccc2)nc2c1CCN(Cc1c[nH]c3ccc(F)cc13)C2. The van der Waals surface area contributed by atoms with Crippen LogP contribution in [0.25, 0.3) is 22.3 Å². The molecular weight excluding hydrogens is 355 g/mol. The number of nitrogens with zero attached hydrogens (tertiary/aromatic N) is 2. The van der Waals surface area contributed by atoms with E-state index in [2.05, 4.69) is 14.9 Å². The number of rotatable bonds is 3. The molecule has 0 saturated carbocycles. The van der Waals surface area contributed by atoms with Gasteiger partial charge in [-0.2, -0.15) is 0 Å². The molecule has 140 valence electrons. The zero-order valence-electron chi connectivity index (χ0n) is 15.2. The second-order valence-electron chi connectivity index (χ2n) is 7.17. The third-order valence-electron chi connectivity index (χ3n) is 5.32. The highest BCUT2D eigenvalue weighted by Crippen LogP contribution is 2.24. The molecule has 0 atom stereocenters. The molecule has 0 radical (unpaired) electrons. The topological polar surface area (TPSA) is 64.8 Å². The Kier molecular flexibility index (Phi) is 4.06. The molecule has 1 aliphatic rings. The van der Waals surface area contributed by atoms with Gasteiger partial charge in [0.2, 0.25) is 0 Å². The van der Waals surface area contributed by atoms with Crippen molar-refractivity contribution >= 4 is 10.9 Å². The van der Waals surface area contributed by atoms with Crippen LogP contribution < -0.4 is 5.56 Å². The highest BCUT2D eigenvalue weighted by Gasteiger charge is 2.22. The molecule has 0 bridgehead atoms. The van der Waals surface area contributed by atoms with Crippen LogP contribution in [0.5, 0.6) is 0 Å². The number of nitrogens with one attached hydrogen (secondary N) is 2. The summed E-state index contributed by atoms with van der Waals surface area (Å²) in [6.45, 7) is 2.05. The lowest BCUT2D eigenvalue weighted by Crippen LogP contribution is -2.35. The molecule has 6 heteroatoms. The van der Waals surface area contributed by atoms with Gasteiger partial charge < -0.3 is 9.97 Å². The summed E-state index contributed by atoms with van der Waals surface area (Å²) in [6.07, 6.45) is 2.59. The zero-order valence-corrected chi connectivity index (χ0v) is 15.2. The number of aromatic amines is 2. The first kappa shape index (κ1) is 16.9. The van der Waals surface area contributed by atoms with Gasteiger partial charge in [0.05, 0.1) is 5.69 Å². The van der Waals surface area contributed by atoms with E-state index in [4.69, 9.17) is 4.98 Å². The van der Waals surface area contributed by atoms with Crippen LogP contribution in [-0.2, 0) is 19.5 Å². The molecule has 0 saturated heterocycles. The highest BCUT2D eigenvalue weighted by molar-refractivity contribution is 5.83. The van der Waals surface area contributed by atoms with Crippen LogP contribution in [0, 0.1) is 5.82 Å². The van der Waals surface area contributed by atoms with Crippen molar-refractivity contribution in [3.8, 4) is 11.4 Å². The lowest BCUT2D eigenvalue weighted by atomic mass is 10.0. The fourth-order valence-electron chi connectivity index (χ4n) is 3.88. The van der Waals surface area contributed by atoms with Gasteiger partial charge in [-0.3, -0.25) is 9.69 Å². The molecule has 2 aromatic heterocycles. The summed E-state index contributed by atoms with van der Waals surface area (Å²) in [5, 5.41) is 0.898. The summed E-state index contributed by atoms with van der Waals surface area (Å²) in [4.78, 5) is 25.6. The van der Waals surface area contributed by atoms with E-state index in [1.165, 1.54) is 6.07 Å². The predicted octanol–water partition coefficient (Wildman–Crippen LogP) is 3.62. The number of fused-ring (bicyclic) bond motifs is 2. The Labute approximate surface area is 160 Å². The van der Waals surface area contributed by atoms with Crippen molar-refractivity contribution in [2.24, 2.45) is 0 Å². The molecule has 0 amide bonds. The first-order valence-corrected chi connectivity index (χ1v) is 9.33. The lowest BCUT2D eigenvalue weighted by Gasteiger charge is -2.27. The van der Waals surface area contributed by atoms with E-state index in [0.717, 1.165) is 39.8 Å². The molecule has 1 aliphatic heterocycles. The summed E-state index contributed by atoms with van der Waals surface area (Å²) < 4.78 is 13.6. The minimum atomic E-state index is -0.238. The number of hydrogen-bond acceptors (Lipinski definition) is 3. The van der Waals surface area contributed by atoms with Gasteiger partial charge in [-0.1, -0.05) is 30.3 Å². The Bertz CT molecular complexity index is 1210. The van der Waals surface area contributed by atoms with Crippen molar-refractivity contribution in [1.29, 1.82) is 0 Å². The molecule has 3 heterocycles. The normalized spacial score (nSPS) is 14.3. The molecule has 2 N–H and O–H groups in total. The van der Waals surface area contributed by atoms with Crippen molar-refractivity contribution < 1.29 is 4.39 Å². The second kappa shape index (κ2) is 6.73. The van der Waals surface area contributed by atoms with Crippen LogP contribution in [-0.4, -0.2) is 26.4 Å².